The van der Waals surface area contributed by atoms with E-state index in [1.807, 2.05) is 0 Å². The second-order valence-electron chi connectivity index (χ2n) is 5.64. The Morgan fingerprint density at radius 2 is 1.59 bits per heavy atom. The summed E-state index contributed by atoms with van der Waals surface area (Å²) in [5.41, 5.74) is 0.990. The van der Waals surface area contributed by atoms with E-state index in [4.69, 9.17) is 14.2 Å². The second-order valence-corrected chi connectivity index (χ2v) is 5.64. The number of amides is 1. The van der Waals surface area contributed by atoms with Gasteiger partial charge in [0, 0.05) is 11.6 Å². The Morgan fingerprint density at radius 1 is 0.852 bits per heavy atom. The lowest BCUT2D eigenvalue weighted by atomic mass is 10.2. The predicted octanol–water partition coefficient (Wildman–Crippen LogP) is 4.45. The van der Waals surface area contributed by atoms with Gasteiger partial charge in [-0.1, -0.05) is 6.07 Å². The van der Waals surface area contributed by atoms with Gasteiger partial charge in [0.05, 0.1) is 19.9 Å². The van der Waals surface area contributed by atoms with Gasteiger partial charge in [-0.05, 0) is 54.6 Å². The van der Waals surface area contributed by atoms with Gasteiger partial charge in [-0.25, -0.2) is 0 Å². The van der Waals surface area contributed by atoms with Crippen molar-refractivity contribution in [2.45, 2.75) is 0 Å². The Morgan fingerprint density at radius 3 is 2.30 bits per heavy atom. The van der Waals surface area contributed by atoms with Gasteiger partial charge in [0.25, 0.3) is 5.91 Å². The molecule has 0 aromatic heterocycles. The van der Waals surface area contributed by atoms with Crippen LogP contribution in [0.15, 0.2) is 66.7 Å². The molecule has 27 heavy (non-hydrogen) atoms. The molecule has 0 heterocycles. The van der Waals surface area contributed by atoms with Crippen LogP contribution in [0.3, 0.4) is 0 Å². The minimum absolute atomic E-state index is 0.163. The lowest BCUT2D eigenvalue weighted by molar-refractivity contribution is 0.102. The van der Waals surface area contributed by atoms with E-state index in [0.29, 0.717) is 34.2 Å². The van der Waals surface area contributed by atoms with Crippen molar-refractivity contribution in [3.63, 3.8) is 0 Å². The van der Waals surface area contributed by atoms with E-state index in [1.54, 1.807) is 61.7 Å². The van der Waals surface area contributed by atoms with E-state index in [-0.39, 0.29) is 11.7 Å². The molecule has 6 heteroatoms. The number of hydrogen-bond donors (Lipinski definition) is 2. The average Bonchev–Trinajstić information content (AvgIpc) is 2.70. The summed E-state index contributed by atoms with van der Waals surface area (Å²) >= 11 is 0. The number of phenolic OH excluding ortho intramolecular Hbond substituents is 1. The number of anilines is 1. The van der Waals surface area contributed by atoms with Crippen molar-refractivity contribution in [1.82, 2.24) is 0 Å². The van der Waals surface area contributed by atoms with E-state index in [9.17, 15) is 9.90 Å². The molecule has 3 aromatic carbocycles. The summed E-state index contributed by atoms with van der Waals surface area (Å²) < 4.78 is 16.2. The van der Waals surface area contributed by atoms with Crippen LogP contribution in [0, 0.1) is 0 Å². The molecule has 0 saturated heterocycles. The summed E-state index contributed by atoms with van der Waals surface area (Å²) in [6, 6.07) is 18.4. The molecule has 3 aromatic rings. The standard InChI is InChI=1S/C21H19NO5/c1-25-17-5-3-4-14(12-17)21(24)22-19-11-10-18(13-20(19)26-2)27-16-8-6-15(23)7-9-16/h3-13,23H,1-2H3,(H,22,24). The minimum Gasteiger partial charge on any atom is -0.508 e. The number of carbonyl (C=O) groups excluding carboxylic acids is 1. The SMILES string of the molecule is COc1cccc(C(=O)Nc2ccc(Oc3ccc(O)cc3)cc2OC)c1. The molecule has 0 spiro atoms. The fourth-order valence-electron chi connectivity index (χ4n) is 2.45. The number of hydrogen-bond acceptors (Lipinski definition) is 5. The fraction of sp³-hybridized carbons (Fsp3) is 0.0952. The number of nitrogens with one attached hydrogen (secondary N) is 1. The van der Waals surface area contributed by atoms with Gasteiger partial charge >= 0.3 is 0 Å². The summed E-state index contributed by atoms with van der Waals surface area (Å²) in [6.45, 7) is 0. The zero-order chi connectivity index (χ0) is 19.2. The molecule has 0 radical (unpaired) electrons. The maximum atomic E-state index is 12.5. The van der Waals surface area contributed by atoms with Crippen molar-refractivity contribution < 1.29 is 24.1 Å². The first-order valence-corrected chi connectivity index (χ1v) is 8.19. The molecule has 6 nitrogen and oxygen atoms in total. The van der Waals surface area contributed by atoms with E-state index in [2.05, 4.69) is 5.32 Å². The van der Waals surface area contributed by atoms with Crippen molar-refractivity contribution >= 4 is 11.6 Å². The molecular weight excluding hydrogens is 346 g/mol. The third-order valence-electron chi connectivity index (χ3n) is 3.83. The van der Waals surface area contributed by atoms with Crippen LogP contribution in [0.5, 0.6) is 28.7 Å². The summed E-state index contributed by atoms with van der Waals surface area (Å²) in [6.07, 6.45) is 0. The summed E-state index contributed by atoms with van der Waals surface area (Å²) in [4.78, 5) is 12.5. The van der Waals surface area contributed by atoms with Crippen molar-refractivity contribution in [3.05, 3.63) is 72.3 Å². The van der Waals surface area contributed by atoms with Crippen LogP contribution in [0.1, 0.15) is 10.4 Å². The van der Waals surface area contributed by atoms with Crippen LogP contribution >= 0.6 is 0 Å². The van der Waals surface area contributed by atoms with Crippen LogP contribution in [0.4, 0.5) is 5.69 Å². The van der Waals surface area contributed by atoms with Gasteiger partial charge in [-0.2, -0.15) is 0 Å². The normalized spacial score (nSPS) is 10.1. The quantitative estimate of drug-likeness (QED) is 0.675. The highest BCUT2D eigenvalue weighted by Gasteiger charge is 2.12. The topological polar surface area (TPSA) is 77.0 Å². The monoisotopic (exact) mass is 365 g/mol. The second kappa shape index (κ2) is 8.14. The zero-order valence-electron chi connectivity index (χ0n) is 14.9. The van der Waals surface area contributed by atoms with Crippen molar-refractivity contribution in [2.75, 3.05) is 19.5 Å². The molecule has 0 aliphatic carbocycles. The Bertz CT molecular complexity index is 938. The molecule has 0 bridgehead atoms. The first-order valence-electron chi connectivity index (χ1n) is 8.19. The first-order chi connectivity index (χ1) is 13.1. The Balaban J connectivity index is 1.77. The van der Waals surface area contributed by atoms with E-state index in [1.165, 1.54) is 19.2 Å². The molecule has 138 valence electrons. The number of methoxy groups -OCH3 is 2. The lowest BCUT2D eigenvalue weighted by Crippen LogP contribution is -2.12. The van der Waals surface area contributed by atoms with Gasteiger partial charge in [-0.3, -0.25) is 4.79 Å². The smallest absolute Gasteiger partial charge is 0.255 e. The lowest BCUT2D eigenvalue weighted by Gasteiger charge is -2.13. The predicted molar refractivity (Wildman–Crippen MR) is 102 cm³/mol. The highest BCUT2D eigenvalue weighted by Crippen LogP contribution is 2.32. The zero-order valence-corrected chi connectivity index (χ0v) is 14.9. The molecule has 1 amide bonds. The maximum absolute atomic E-state index is 12.5. The molecule has 0 aliphatic heterocycles. The van der Waals surface area contributed by atoms with Gasteiger partial charge in [-0.15, -0.1) is 0 Å². The number of ether oxygens (including phenoxy) is 3. The molecular formula is C21H19NO5. The van der Waals surface area contributed by atoms with Gasteiger partial charge in [0.15, 0.2) is 0 Å². The van der Waals surface area contributed by atoms with Gasteiger partial charge in [0.2, 0.25) is 0 Å². The van der Waals surface area contributed by atoms with E-state index < -0.39 is 0 Å². The number of benzene rings is 3. The van der Waals surface area contributed by atoms with Gasteiger partial charge < -0.3 is 24.6 Å². The average molecular weight is 365 g/mol. The third-order valence-corrected chi connectivity index (χ3v) is 3.83. The highest BCUT2D eigenvalue weighted by molar-refractivity contribution is 6.05. The molecule has 2 N–H and O–H groups in total. The van der Waals surface area contributed by atoms with Crippen molar-refractivity contribution in [1.29, 1.82) is 0 Å². The van der Waals surface area contributed by atoms with Crippen molar-refractivity contribution in [3.8, 4) is 28.7 Å². The fourth-order valence-corrected chi connectivity index (χ4v) is 2.45. The molecule has 3 rings (SSSR count). The van der Waals surface area contributed by atoms with Crippen molar-refractivity contribution in [2.24, 2.45) is 0 Å². The van der Waals surface area contributed by atoms with E-state index in [0.717, 1.165) is 0 Å². The molecule has 0 fully saturated rings. The molecule has 0 aliphatic rings. The first kappa shape index (κ1) is 18.1. The van der Waals surface area contributed by atoms with E-state index >= 15 is 0 Å². The third kappa shape index (κ3) is 4.49. The number of aromatic hydroxyl groups is 1. The van der Waals surface area contributed by atoms with Crippen LogP contribution in [-0.4, -0.2) is 25.2 Å². The van der Waals surface area contributed by atoms with Crippen LogP contribution in [-0.2, 0) is 0 Å². The van der Waals surface area contributed by atoms with Crippen LogP contribution in [0.2, 0.25) is 0 Å². The highest BCUT2D eigenvalue weighted by atomic mass is 16.5. The summed E-state index contributed by atoms with van der Waals surface area (Å²) in [5.74, 6) is 2.06. The molecule has 0 unspecified atom stereocenters. The number of carbonyl (C=O) groups is 1. The Hall–Kier alpha value is -3.67. The largest absolute Gasteiger partial charge is 0.508 e. The maximum Gasteiger partial charge on any atom is 0.255 e. The minimum atomic E-state index is -0.278. The number of phenols is 1. The van der Waals surface area contributed by atoms with Crippen LogP contribution < -0.4 is 19.5 Å². The Labute approximate surface area is 156 Å². The Kier molecular flexibility index (Phi) is 5.47. The molecule has 0 atom stereocenters. The summed E-state index contributed by atoms with van der Waals surface area (Å²) in [7, 11) is 3.06. The van der Waals surface area contributed by atoms with Crippen LogP contribution in [0.25, 0.3) is 0 Å². The number of rotatable bonds is 6. The van der Waals surface area contributed by atoms with Gasteiger partial charge in [0.1, 0.15) is 28.7 Å². The molecule has 0 saturated carbocycles. The summed E-state index contributed by atoms with van der Waals surface area (Å²) in [5, 5.41) is 12.1.